The molecule has 1 aliphatic rings. The monoisotopic (exact) mass is 393 g/mol. The normalized spacial score (nSPS) is 16.0. The number of nitrogens with one attached hydrogen (secondary N) is 3. The van der Waals surface area contributed by atoms with Gasteiger partial charge in [-0.25, -0.2) is 0 Å². The van der Waals surface area contributed by atoms with Crippen LogP contribution in [0.5, 0.6) is 0 Å². The van der Waals surface area contributed by atoms with Gasteiger partial charge in [-0.15, -0.1) is 23.7 Å². The molecule has 5 nitrogen and oxygen atoms in total. The van der Waals surface area contributed by atoms with Crippen molar-refractivity contribution in [3.63, 3.8) is 0 Å². The zero-order valence-electron chi connectivity index (χ0n) is 14.7. The van der Waals surface area contributed by atoms with Gasteiger partial charge in [-0.2, -0.15) is 0 Å². The Kier molecular flexibility index (Phi) is 7.63. The van der Waals surface area contributed by atoms with Gasteiger partial charge in [-0.05, 0) is 54.9 Å². The summed E-state index contributed by atoms with van der Waals surface area (Å²) in [6.45, 7) is 3.70. The summed E-state index contributed by atoms with van der Waals surface area (Å²) in [6.07, 6.45) is 3.17. The highest BCUT2D eigenvalue weighted by Gasteiger charge is 2.18. The van der Waals surface area contributed by atoms with Gasteiger partial charge in [0.15, 0.2) is 0 Å². The number of thiophene rings is 1. The molecule has 1 aliphatic heterocycles. The smallest absolute Gasteiger partial charge is 0.256 e. The SMILES string of the molecule is CCc1ccc(C(=O)Nc2sccc2C(=O)NCC2CCCN2)cc1.Cl. The highest BCUT2D eigenvalue weighted by Crippen LogP contribution is 2.24. The number of hydrogen-bond donors (Lipinski definition) is 3. The molecule has 26 heavy (non-hydrogen) atoms. The van der Waals surface area contributed by atoms with Crippen molar-refractivity contribution in [1.29, 1.82) is 0 Å². The quantitative estimate of drug-likeness (QED) is 0.703. The fourth-order valence-corrected chi connectivity index (χ4v) is 3.67. The van der Waals surface area contributed by atoms with Gasteiger partial charge in [0, 0.05) is 18.2 Å². The van der Waals surface area contributed by atoms with Gasteiger partial charge in [0.1, 0.15) is 5.00 Å². The van der Waals surface area contributed by atoms with E-state index in [-0.39, 0.29) is 24.2 Å². The number of aryl methyl sites for hydroxylation is 1. The fraction of sp³-hybridized carbons (Fsp3) is 0.368. The van der Waals surface area contributed by atoms with Crippen molar-refractivity contribution < 1.29 is 9.59 Å². The van der Waals surface area contributed by atoms with Gasteiger partial charge < -0.3 is 16.0 Å². The standard InChI is InChI=1S/C19H23N3O2S.ClH/c1-2-13-5-7-14(8-6-13)17(23)22-19-16(9-11-25-19)18(24)21-12-15-4-3-10-20-15;/h5-9,11,15,20H,2-4,10,12H2,1H3,(H,21,24)(H,22,23);1H. The lowest BCUT2D eigenvalue weighted by molar-refractivity contribution is 0.0951. The molecule has 2 aromatic rings. The molecule has 0 radical (unpaired) electrons. The summed E-state index contributed by atoms with van der Waals surface area (Å²) in [5.41, 5.74) is 2.29. The van der Waals surface area contributed by atoms with Crippen LogP contribution < -0.4 is 16.0 Å². The van der Waals surface area contributed by atoms with E-state index in [1.54, 1.807) is 6.07 Å². The molecule has 1 atom stereocenters. The third-order valence-electron chi connectivity index (χ3n) is 4.43. The maximum atomic E-state index is 12.4. The van der Waals surface area contributed by atoms with Crippen LogP contribution in [0.4, 0.5) is 5.00 Å². The van der Waals surface area contributed by atoms with Crippen LogP contribution in [-0.2, 0) is 6.42 Å². The van der Waals surface area contributed by atoms with Crippen molar-refractivity contribution in [2.24, 2.45) is 0 Å². The Labute approximate surface area is 164 Å². The van der Waals surface area contributed by atoms with Gasteiger partial charge >= 0.3 is 0 Å². The second kappa shape index (κ2) is 9.71. The number of anilines is 1. The van der Waals surface area contributed by atoms with Crippen molar-refractivity contribution in [2.45, 2.75) is 32.2 Å². The van der Waals surface area contributed by atoms with E-state index in [4.69, 9.17) is 0 Å². The third-order valence-corrected chi connectivity index (χ3v) is 5.26. The topological polar surface area (TPSA) is 70.2 Å². The Balaban J connectivity index is 0.00000243. The minimum absolute atomic E-state index is 0. The van der Waals surface area contributed by atoms with E-state index in [1.165, 1.54) is 16.9 Å². The van der Waals surface area contributed by atoms with Crippen molar-refractivity contribution in [2.75, 3.05) is 18.4 Å². The Morgan fingerprint density at radius 2 is 1.96 bits per heavy atom. The third kappa shape index (κ3) is 5.06. The summed E-state index contributed by atoms with van der Waals surface area (Å²) in [6, 6.07) is 9.62. The van der Waals surface area contributed by atoms with E-state index in [0.717, 1.165) is 25.8 Å². The molecule has 1 aromatic carbocycles. The first-order valence-electron chi connectivity index (χ1n) is 8.66. The number of benzene rings is 1. The zero-order chi connectivity index (χ0) is 17.6. The van der Waals surface area contributed by atoms with Crippen LogP contribution >= 0.6 is 23.7 Å². The zero-order valence-corrected chi connectivity index (χ0v) is 16.3. The van der Waals surface area contributed by atoms with E-state index in [2.05, 4.69) is 22.9 Å². The molecule has 3 rings (SSSR count). The Hall–Kier alpha value is -1.89. The number of halogens is 1. The molecule has 0 spiro atoms. The summed E-state index contributed by atoms with van der Waals surface area (Å²) in [4.78, 5) is 24.8. The summed E-state index contributed by atoms with van der Waals surface area (Å²) >= 11 is 1.36. The molecular formula is C19H24ClN3O2S. The lowest BCUT2D eigenvalue weighted by Crippen LogP contribution is -2.37. The first kappa shape index (κ1) is 20.4. The molecule has 0 saturated carbocycles. The maximum absolute atomic E-state index is 12.4. The minimum atomic E-state index is -0.198. The van der Waals surface area contributed by atoms with Gasteiger partial charge in [0.05, 0.1) is 5.56 Å². The largest absolute Gasteiger partial charge is 0.350 e. The van der Waals surface area contributed by atoms with Crippen molar-refractivity contribution >= 4 is 40.6 Å². The summed E-state index contributed by atoms with van der Waals surface area (Å²) in [7, 11) is 0. The molecule has 0 aliphatic carbocycles. The average molecular weight is 394 g/mol. The molecule has 0 bridgehead atoms. The Morgan fingerprint density at radius 1 is 1.19 bits per heavy atom. The van der Waals surface area contributed by atoms with E-state index in [9.17, 15) is 9.59 Å². The number of carbonyl (C=O) groups excluding carboxylic acids is 2. The predicted molar refractivity (Wildman–Crippen MR) is 109 cm³/mol. The molecule has 2 heterocycles. The number of hydrogen-bond acceptors (Lipinski definition) is 4. The highest BCUT2D eigenvalue weighted by molar-refractivity contribution is 7.14. The number of rotatable bonds is 6. The van der Waals surface area contributed by atoms with Crippen molar-refractivity contribution in [1.82, 2.24) is 10.6 Å². The first-order chi connectivity index (χ1) is 12.2. The lowest BCUT2D eigenvalue weighted by Gasteiger charge is -2.12. The van der Waals surface area contributed by atoms with Crippen LogP contribution in [0.15, 0.2) is 35.7 Å². The molecule has 3 N–H and O–H groups in total. The Morgan fingerprint density at radius 3 is 2.62 bits per heavy atom. The van der Waals surface area contributed by atoms with Crippen LogP contribution in [-0.4, -0.2) is 30.9 Å². The van der Waals surface area contributed by atoms with Crippen molar-refractivity contribution in [3.8, 4) is 0 Å². The van der Waals surface area contributed by atoms with E-state index < -0.39 is 0 Å². The summed E-state index contributed by atoms with van der Waals surface area (Å²) in [5.74, 6) is -0.344. The average Bonchev–Trinajstić information content (AvgIpc) is 3.31. The van der Waals surface area contributed by atoms with Gasteiger partial charge in [-0.1, -0.05) is 19.1 Å². The molecule has 1 fully saturated rings. The molecule has 1 saturated heterocycles. The summed E-state index contributed by atoms with van der Waals surface area (Å²) in [5, 5.41) is 11.6. The predicted octanol–water partition coefficient (Wildman–Crippen LogP) is 3.47. The first-order valence-corrected chi connectivity index (χ1v) is 9.54. The summed E-state index contributed by atoms with van der Waals surface area (Å²) < 4.78 is 0. The number of amides is 2. The molecular weight excluding hydrogens is 370 g/mol. The molecule has 7 heteroatoms. The van der Waals surface area contributed by atoms with Gasteiger partial charge in [0.25, 0.3) is 11.8 Å². The van der Waals surface area contributed by atoms with Gasteiger partial charge in [0.2, 0.25) is 0 Å². The lowest BCUT2D eigenvalue weighted by atomic mass is 10.1. The van der Waals surface area contributed by atoms with E-state index >= 15 is 0 Å². The highest BCUT2D eigenvalue weighted by atomic mass is 35.5. The molecule has 2 amide bonds. The fourth-order valence-electron chi connectivity index (χ4n) is 2.89. The van der Waals surface area contributed by atoms with Gasteiger partial charge in [-0.3, -0.25) is 9.59 Å². The van der Waals surface area contributed by atoms with Crippen LogP contribution in [0.3, 0.4) is 0 Å². The van der Waals surface area contributed by atoms with Crippen LogP contribution in [0.2, 0.25) is 0 Å². The molecule has 140 valence electrons. The Bertz CT molecular complexity index is 739. The maximum Gasteiger partial charge on any atom is 0.256 e. The second-order valence-electron chi connectivity index (χ2n) is 6.17. The van der Waals surface area contributed by atoms with Crippen LogP contribution in [0, 0.1) is 0 Å². The van der Waals surface area contributed by atoms with Crippen LogP contribution in [0.1, 0.15) is 46.0 Å². The second-order valence-corrected chi connectivity index (χ2v) is 7.09. The molecule has 1 aromatic heterocycles. The minimum Gasteiger partial charge on any atom is -0.350 e. The molecule has 1 unspecified atom stereocenters. The number of carbonyl (C=O) groups is 2. The van der Waals surface area contributed by atoms with Crippen LogP contribution in [0.25, 0.3) is 0 Å². The van der Waals surface area contributed by atoms with E-state index in [1.807, 2.05) is 29.6 Å². The van der Waals surface area contributed by atoms with Crippen molar-refractivity contribution in [3.05, 3.63) is 52.4 Å². The van der Waals surface area contributed by atoms with E-state index in [0.29, 0.717) is 28.7 Å².